The van der Waals surface area contributed by atoms with Gasteiger partial charge in [0.25, 0.3) is 0 Å². The van der Waals surface area contributed by atoms with Crippen molar-refractivity contribution < 1.29 is 24.5 Å². The average molecular weight is 407 g/mol. The number of carbonyl (C=O) groups excluding carboxylic acids is 2. The Kier molecular flexibility index (Phi) is 8.14. The first-order valence-electron chi connectivity index (χ1n) is 9.42. The number of carbonyl (C=O) groups is 2. The predicted octanol–water partition coefficient (Wildman–Crippen LogP) is 4.02. The number of phenolic OH excluding ortho intramolecular Hbond substituents is 1. The van der Waals surface area contributed by atoms with Crippen LogP contribution in [-0.2, 0) is 9.59 Å². The topological polar surface area (TPSA) is 110 Å². The summed E-state index contributed by atoms with van der Waals surface area (Å²) in [7, 11) is 0. The average Bonchev–Trinajstić information content (AvgIpc) is 2.72. The molecule has 0 saturated heterocycles. The Morgan fingerprint density at radius 3 is 2.03 bits per heavy atom. The lowest BCUT2D eigenvalue weighted by atomic mass is 10.1. The van der Waals surface area contributed by atoms with Crippen LogP contribution in [0.4, 0.5) is 0 Å². The number of ether oxygens (including phenoxy) is 1. The van der Waals surface area contributed by atoms with E-state index in [2.05, 4.69) is 0 Å². The van der Waals surface area contributed by atoms with Gasteiger partial charge in [-0.1, -0.05) is 50.3 Å². The molecule has 0 bridgehead atoms. The summed E-state index contributed by atoms with van der Waals surface area (Å²) in [4.78, 5) is 23.8. The van der Waals surface area contributed by atoms with E-state index in [9.17, 15) is 19.8 Å². The van der Waals surface area contributed by atoms with E-state index in [1.165, 1.54) is 24.3 Å². The fourth-order valence-corrected chi connectivity index (χ4v) is 2.29. The number of aliphatic hydroxyl groups excluding tert-OH is 1. The predicted molar refractivity (Wildman–Crippen MR) is 117 cm³/mol. The summed E-state index contributed by atoms with van der Waals surface area (Å²) in [5.41, 5.74) is 7.25. The minimum atomic E-state index is -0.688. The molecule has 2 aromatic carbocycles. The number of hydrogen-bond donors (Lipinski definition) is 3. The molecule has 0 aromatic heterocycles. The van der Waals surface area contributed by atoms with Crippen molar-refractivity contribution >= 4 is 23.9 Å². The first kappa shape index (κ1) is 22.6. The van der Waals surface area contributed by atoms with Crippen molar-refractivity contribution in [2.24, 2.45) is 11.7 Å². The molecular formula is C24H25NO5. The summed E-state index contributed by atoms with van der Waals surface area (Å²) in [5.74, 6) is -0.572. The Bertz CT molecular complexity index is 954. The van der Waals surface area contributed by atoms with Gasteiger partial charge in [-0.15, -0.1) is 0 Å². The zero-order valence-electron chi connectivity index (χ0n) is 16.9. The monoisotopic (exact) mass is 407 g/mol. The molecule has 4 N–H and O–H groups in total. The summed E-state index contributed by atoms with van der Waals surface area (Å²) >= 11 is 0. The summed E-state index contributed by atoms with van der Waals surface area (Å²) in [6.45, 7) is 3.68. The Labute approximate surface area is 175 Å². The smallest absolute Gasteiger partial charge is 0.328 e. The van der Waals surface area contributed by atoms with Gasteiger partial charge in [0.05, 0.1) is 0 Å². The second-order valence-electron chi connectivity index (χ2n) is 6.99. The molecule has 0 radical (unpaired) electrons. The first-order chi connectivity index (χ1) is 14.2. The molecule has 2 rings (SSSR count). The number of aliphatic hydroxyl groups is 1. The van der Waals surface area contributed by atoms with Crippen molar-refractivity contribution in [3.63, 3.8) is 0 Å². The number of ketones is 1. The number of aromatic hydroxyl groups is 1. The SMILES string of the molecule is CC(C)C(N)C(=O)Oc1ccc(C=CC(O)=CC(=O)C=Cc2ccc(O)cc2)cc1. The normalized spacial score (nSPS) is 13.1. The largest absolute Gasteiger partial charge is 0.508 e. The number of esters is 1. The summed E-state index contributed by atoms with van der Waals surface area (Å²) in [6.07, 6.45) is 7.01. The van der Waals surface area contributed by atoms with E-state index in [1.54, 1.807) is 48.6 Å². The molecule has 0 aliphatic heterocycles. The van der Waals surface area contributed by atoms with E-state index in [0.717, 1.165) is 17.2 Å². The first-order valence-corrected chi connectivity index (χ1v) is 9.42. The van der Waals surface area contributed by atoms with Crippen LogP contribution in [0.3, 0.4) is 0 Å². The van der Waals surface area contributed by atoms with Gasteiger partial charge in [0.2, 0.25) is 0 Å². The molecule has 0 heterocycles. The number of hydrogen-bond acceptors (Lipinski definition) is 6. The van der Waals surface area contributed by atoms with Crippen LogP contribution in [0.15, 0.2) is 72.5 Å². The Hall–Kier alpha value is -3.64. The van der Waals surface area contributed by atoms with E-state index in [0.29, 0.717) is 5.75 Å². The standard InChI is InChI=1S/C24H25NO5/c1-16(2)23(25)24(29)30-22-13-7-18(8-14-22)6-12-21(28)15-20(27)11-5-17-3-9-19(26)10-4-17/h3-16,23,26,28H,25H2,1-2H3. The molecule has 0 saturated carbocycles. The quantitative estimate of drug-likeness (QED) is 0.200. The minimum Gasteiger partial charge on any atom is -0.508 e. The van der Waals surface area contributed by atoms with Gasteiger partial charge in [-0.2, -0.15) is 0 Å². The third-order valence-corrected chi connectivity index (χ3v) is 4.16. The fraction of sp³-hybridized carbons (Fsp3) is 0.167. The van der Waals surface area contributed by atoms with Gasteiger partial charge in [0.1, 0.15) is 23.3 Å². The molecule has 6 nitrogen and oxygen atoms in total. The molecule has 0 aliphatic carbocycles. The molecule has 0 fully saturated rings. The lowest BCUT2D eigenvalue weighted by Gasteiger charge is -2.14. The number of nitrogens with two attached hydrogens (primary N) is 1. The number of allylic oxidation sites excluding steroid dienone is 3. The van der Waals surface area contributed by atoms with Crippen molar-refractivity contribution in [3.05, 3.63) is 83.6 Å². The summed E-state index contributed by atoms with van der Waals surface area (Å²) in [5, 5.41) is 19.1. The van der Waals surface area contributed by atoms with Crippen molar-refractivity contribution in [3.8, 4) is 11.5 Å². The van der Waals surface area contributed by atoms with Gasteiger partial charge < -0.3 is 20.7 Å². The van der Waals surface area contributed by atoms with Gasteiger partial charge in [-0.3, -0.25) is 4.79 Å². The van der Waals surface area contributed by atoms with Gasteiger partial charge in [-0.25, -0.2) is 4.79 Å². The van der Waals surface area contributed by atoms with Gasteiger partial charge in [0.15, 0.2) is 5.78 Å². The van der Waals surface area contributed by atoms with Crippen molar-refractivity contribution in [1.29, 1.82) is 0 Å². The number of benzene rings is 2. The van der Waals surface area contributed by atoms with Crippen LogP contribution in [-0.4, -0.2) is 28.0 Å². The van der Waals surface area contributed by atoms with Crippen molar-refractivity contribution in [2.45, 2.75) is 19.9 Å². The highest BCUT2D eigenvalue weighted by Gasteiger charge is 2.19. The maximum absolute atomic E-state index is 11.9. The second kappa shape index (κ2) is 10.8. The third-order valence-electron chi connectivity index (χ3n) is 4.16. The van der Waals surface area contributed by atoms with Crippen LogP contribution in [0.25, 0.3) is 12.2 Å². The van der Waals surface area contributed by atoms with E-state index in [4.69, 9.17) is 10.5 Å². The van der Waals surface area contributed by atoms with Crippen LogP contribution in [0.1, 0.15) is 25.0 Å². The molecule has 0 aliphatic rings. The van der Waals surface area contributed by atoms with Crippen LogP contribution < -0.4 is 10.5 Å². The van der Waals surface area contributed by atoms with Gasteiger partial charge in [-0.05, 0) is 53.5 Å². The van der Waals surface area contributed by atoms with E-state index in [1.807, 2.05) is 13.8 Å². The molecule has 30 heavy (non-hydrogen) atoms. The minimum absolute atomic E-state index is 0.0203. The maximum atomic E-state index is 11.9. The van der Waals surface area contributed by atoms with Crippen LogP contribution >= 0.6 is 0 Å². The van der Waals surface area contributed by atoms with E-state index < -0.39 is 12.0 Å². The lowest BCUT2D eigenvalue weighted by molar-refractivity contribution is -0.136. The Balaban J connectivity index is 1.93. The van der Waals surface area contributed by atoms with Crippen molar-refractivity contribution in [1.82, 2.24) is 0 Å². The third kappa shape index (κ3) is 7.41. The molecule has 0 amide bonds. The fourth-order valence-electron chi connectivity index (χ4n) is 2.29. The zero-order chi connectivity index (χ0) is 22.1. The van der Waals surface area contributed by atoms with Gasteiger partial charge in [0, 0.05) is 6.08 Å². The molecule has 0 spiro atoms. The van der Waals surface area contributed by atoms with Crippen molar-refractivity contribution in [2.75, 3.05) is 0 Å². The lowest BCUT2D eigenvalue weighted by Crippen LogP contribution is -2.38. The maximum Gasteiger partial charge on any atom is 0.328 e. The molecule has 1 atom stereocenters. The highest BCUT2D eigenvalue weighted by molar-refractivity contribution is 6.02. The highest BCUT2D eigenvalue weighted by atomic mass is 16.5. The number of rotatable bonds is 8. The second-order valence-corrected chi connectivity index (χ2v) is 6.99. The van der Waals surface area contributed by atoms with Crippen LogP contribution in [0.2, 0.25) is 0 Å². The number of phenols is 1. The molecule has 156 valence electrons. The van der Waals surface area contributed by atoms with E-state index in [-0.39, 0.29) is 23.2 Å². The highest BCUT2D eigenvalue weighted by Crippen LogP contribution is 2.15. The van der Waals surface area contributed by atoms with Crippen LogP contribution in [0, 0.1) is 5.92 Å². The molecule has 1 unspecified atom stereocenters. The Morgan fingerprint density at radius 1 is 0.933 bits per heavy atom. The summed E-state index contributed by atoms with van der Waals surface area (Å²) in [6, 6.07) is 12.3. The van der Waals surface area contributed by atoms with Crippen LogP contribution in [0.5, 0.6) is 11.5 Å². The Morgan fingerprint density at radius 2 is 1.47 bits per heavy atom. The molecule has 2 aromatic rings. The van der Waals surface area contributed by atoms with E-state index >= 15 is 0 Å². The molecular weight excluding hydrogens is 382 g/mol. The summed E-state index contributed by atoms with van der Waals surface area (Å²) < 4.78 is 5.23. The molecule has 6 heteroatoms. The zero-order valence-corrected chi connectivity index (χ0v) is 16.9. The van der Waals surface area contributed by atoms with Gasteiger partial charge >= 0.3 is 5.97 Å².